The van der Waals surface area contributed by atoms with Crippen LogP contribution in [-0.2, 0) is 0 Å². The van der Waals surface area contributed by atoms with Gasteiger partial charge in [-0.05, 0) is 24.7 Å². The van der Waals surface area contributed by atoms with Gasteiger partial charge in [-0.15, -0.1) is 0 Å². The first-order chi connectivity index (χ1) is 11.7. The van der Waals surface area contributed by atoms with Crippen molar-refractivity contribution in [2.45, 2.75) is 6.92 Å². The molecule has 2 heterocycles. The Bertz CT molecular complexity index is 714. The van der Waals surface area contributed by atoms with Crippen LogP contribution in [0.2, 0.25) is 0 Å². The smallest absolute Gasteiger partial charge is 0.335 e. The Labute approximate surface area is 141 Å². The molecule has 1 aliphatic heterocycles. The van der Waals surface area contributed by atoms with Crippen LogP contribution in [0.5, 0.6) is 0 Å². The van der Waals surface area contributed by atoms with E-state index in [1.54, 1.807) is 18.2 Å². The fraction of sp³-hybridized carbons (Fsp3) is 0.353. The van der Waals surface area contributed by atoms with E-state index in [9.17, 15) is 4.79 Å². The van der Waals surface area contributed by atoms with Gasteiger partial charge in [0.15, 0.2) is 0 Å². The van der Waals surface area contributed by atoms with Gasteiger partial charge in [-0.1, -0.05) is 13.0 Å². The third-order valence-corrected chi connectivity index (χ3v) is 4.18. The van der Waals surface area contributed by atoms with Crippen LogP contribution in [0.1, 0.15) is 17.3 Å². The second kappa shape index (κ2) is 7.27. The lowest BCUT2D eigenvalue weighted by atomic mass is 10.2. The number of hydrogen-bond donors (Lipinski definition) is 2. The van der Waals surface area contributed by atoms with Crippen molar-refractivity contribution >= 4 is 23.3 Å². The SMILES string of the molecule is CCN1CCN(c2cc(Nc3cccc(C(=O)O)c3)ncn2)CC1. The normalized spacial score (nSPS) is 15.3. The summed E-state index contributed by atoms with van der Waals surface area (Å²) in [5.74, 6) is 0.592. The van der Waals surface area contributed by atoms with E-state index < -0.39 is 5.97 Å². The molecule has 0 unspecified atom stereocenters. The lowest BCUT2D eigenvalue weighted by Crippen LogP contribution is -2.46. The molecular formula is C17H21N5O2. The van der Waals surface area contributed by atoms with Crippen molar-refractivity contribution in [3.8, 4) is 0 Å². The Balaban J connectivity index is 1.72. The Morgan fingerprint density at radius 1 is 1.21 bits per heavy atom. The fourth-order valence-corrected chi connectivity index (χ4v) is 2.76. The largest absolute Gasteiger partial charge is 0.478 e. The minimum atomic E-state index is -0.948. The molecule has 0 amide bonds. The maximum Gasteiger partial charge on any atom is 0.335 e. The molecule has 1 fully saturated rings. The van der Waals surface area contributed by atoms with E-state index in [0.29, 0.717) is 11.5 Å². The van der Waals surface area contributed by atoms with Gasteiger partial charge in [0.1, 0.15) is 18.0 Å². The molecule has 3 rings (SSSR count). The zero-order valence-electron chi connectivity index (χ0n) is 13.6. The molecule has 7 heteroatoms. The average Bonchev–Trinajstić information content (AvgIpc) is 2.62. The van der Waals surface area contributed by atoms with E-state index in [1.165, 1.54) is 6.33 Å². The molecule has 1 saturated heterocycles. The van der Waals surface area contributed by atoms with Crippen LogP contribution in [0.15, 0.2) is 36.7 Å². The number of benzene rings is 1. The number of carboxylic acid groups (broad SMARTS) is 1. The summed E-state index contributed by atoms with van der Waals surface area (Å²) in [5.41, 5.74) is 0.931. The minimum Gasteiger partial charge on any atom is -0.478 e. The summed E-state index contributed by atoms with van der Waals surface area (Å²) in [6.45, 7) is 7.20. The summed E-state index contributed by atoms with van der Waals surface area (Å²) in [6, 6.07) is 8.57. The van der Waals surface area contributed by atoms with Crippen LogP contribution >= 0.6 is 0 Å². The molecule has 0 bridgehead atoms. The second-order valence-corrected chi connectivity index (χ2v) is 5.69. The van der Waals surface area contributed by atoms with Crippen molar-refractivity contribution in [1.82, 2.24) is 14.9 Å². The van der Waals surface area contributed by atoms with Crippen molar-refractivity contribution < 1.29 is 9.90 Å². The predicted molar refractivity (Wildman–Crippen MR) is 93.0 cm³/mol. The van der Waals surface area contributed by atoms with Gasteiger partial charge in [0, 0.05) is 37.9 Å². The highest BCUT2D eigenvalue weighted by molar-refractivity contribution is 5.89. The molecule has 24 heavy (non-hydrogen) atoms. The van der Waals surface area contributed by atoms with Crippen molar-refractivity contribution in [2.75, 3.05) is 42.9 Å². The Morgan fingerprint density at radius 2 is 2.00 bits per heavy atom. The highest BCUT2D eigenvalue weighted by Gasteiger charge is 2.17. The number of nitrogens with one attached hydrogen (secondary N) is 1. The lowest BCUT2D eigenvalue weighted by Gasteiger charge is -2.34. The maximum atomic E-state index is 11.1. The molecule has 0 radical (unpaired) electrons. The highest BCUT2D eigenvalue weighted by Crippen LogP contribution is 2.20. The number of aromatic carboxylic acids is 1. The fourth-order valence-electron chi connectivity index (χ4n) is 2.76. The van der Waals surface area contributed by atoms with Crippen LogP contribution in [-0.4, -0.2) is 58.7 Å². The Kier molecular flexibility index (Phi) is 4.90. The molecule has 0 saturated carbocycles. The molecule has 2 N–H and O–H groups in total. The first-order valence-corrected chi connectivity index (χ1v) is 8.05. The van der Waals surface area contributed by atoms with E-state index in [1.807, 2.05) is 12.1 Å². The van der Waals surface area contributed by atoms with Gasteiger partial charge in [-0.25, -0.2) is 14.8 Å². The average molecular weight is 327 g/mol. The number of aromatic nitrogens is 2. The van der Waals surface area contributed by atoms with Gasteiger partial charge in [-0.2, -0.15) is 0 Å². The first-order valence-electron chi connectivity index (χ1n) is 8.05. The molecule has 7 nitrogen and oxygen atoms in total. The topological polar surface area (TPSA) is 81.6 Å². The zero-order valence-corrected chi connectivity index (χ0v) is 13.6. The van der Waals surface area contributed by atoms with Gasteiger partial charge < -0.3 is 20.2 Å². The summed E-state index contributed by atoms with van der Waals surface area (Å²) >= 11 is 0. The third kappa shape index (κ3) is 3.80. The summed E-state index contributed by atoms with van der Waals surface area (Å²) < 4.78 is 0. The molecule has 126 valence electrons. The standard InChI is InChI=1S/C17H21N5O2/c1-2-21-6-8-22(9-7-21)16-11-15(18-12-19-16)20-14-5-3-4-13(10-14)17(23)24/h3-5,10-12H,2,6-9H2,1H3,(H,23,24)(H,18,19,20). The van der Waals surface area contributed by atoms with Gasteiger partial charge in [-0.3, -0.25) is 0 Å². The van der Waals surface area contributed by atoms with Crippen LogP contribution in [0.25, 0.3) is 0 Å². The van der Waals surface area contributed by atoms with Gasteiger partial charge in [0.05, 0.1) is 5.56 Å². The molecule has 1 aromatic carbocycles. The maximum absolute atomic E-state index is 11.1. The number of rotatable bonds is 5. The molecule has 1 aliphatic rings. The van der Waals surface area contributed by atoms with Crippen LogP contribution in [0.3, 0.4) is 0 Å². The van der Waals surface area contributed by atoms with E-state index in [-0.39, 0.29) is 5.56 Å². The quantitative estimate of drug-likeness (QED) is 0.870. The lowest BCUT2D eigenvalue weighted by molar-refractivity contribution is 0.0697. The first kappa shape index (κ1) is 16.2. The number of carboxylic acids is 1. The molecule has 1 aromatic heterocycles. The van der Waals surface area contributed by atoms with Crippen LogP contribution in [0.4, 0.5) is 17.3 Å². The molecule has 2 aromatic rings. The van der Waals surface area contributed by atoms with E-state index >= 15 is 0 Å². The van der Waals surface area contributed by atoms with E-state index in [0.717, 1.165) is 38.5 Å². The Hall–Kier alpha value is -2.67. The van der Waals surface area contributed by atoms with Crippen molar-refractivity contribution in [3.63, 3.8) is 0 Å². The Morgan fingerprint density at radius 3 is 2.71 bits per heavy atom. The highest BCUT2D eigenvalue weighted by atomic mass is 16.4. The third-order valence-electron chi connectivity index (χ3n) is 4.18. The van der Waals surface area contributed by atoms with E-state index in [2.05, 4.69) is 32.0 Å². The molecule has 0 atom stereocenters. The van der Waals surface area contributed by atoms with Gasteiger partial charge >= 0.3 is 5.97 Å². The number of hydrogen-bond acceptors (Lipinski definition) is 6. The molecular weight excluding hydrogens is 306 g/mol. The minimum absolute atomic E-state index is 0.241. The summed E-state index contributed by atoms with van der Waals surface area (Å²) in [4.78, 5) is 24.3. The van der Waals surface area contributed by atoms with E-state index in [4.69, 9.17) is 5.11 Å². The van der Waals surface area contributed by atoms with Gasteiger partial charge in [0.25, 0.3) is 0 Å². The van der Waals surface area contributed by atoms with Crippen LogP contribution in [0, 0.1) is 0 Å². The van der Waals surface area contributed by atoms with Crippen molar-refractivity contribution in [1.29, 1.82) is 0 Å². The van der Waals surface area contributed by atoms with Gasteiger partial charge in [0.2, 0.25) is 0 Å². The number of piperazine rings is 1. The summed E-state index contributed by atoms with van der Waals surface area (Å²) in [5, 5.41) is 12.2. The summed E-state index contributed by atoms with van der Waals surface area (Å²) in [6.07, 6.45) is 1.53. The van der Waals surface area contributed by atoms with Crippen molar-refractivity contribution in [3.05, 3.63) is 42.2 Å². The second-order valence-electron chi connectivity index (χ2n) is 5.69. The molecule has 0 aliphatic carbocycles. The van der Waals surface area contributed by atoms with Crippen LogP contribution < -0.4 is 10.2 Å². The molecule has 0 spiro atoms. The van der Waals surface area contributed by atoms with Crippen molar-refractivity contribution in [2.24, 2.45) is 0 Å². The number of anilines is 3. The zero-order chi connectivity index (χ0) is 16.9. The monoisotopic (exact) mass is 327 g/mol. The summed E-state index contributed by atoms with van der Waals surface area (Å²) in [7, 11) is 0. The number of carbonyl (C=O) groups is 1. The number of nitrogens with zero attached hydrogens (tertiary/aromatic N) is 4. The predicted octanol–water partition coefficient (Wildman–Crippen LogP) is 2.06. The number of likely N-dealkylation sites (N-methyl/N-ethyl adjacent to an activating group) is 1.